The van der Waals surface area contributed by atoms with Crippen LogP contribution in [0.15, 0.2) is 75.1 Å². The molecule has 4 aromatic rings. The van der Waals surface area contributed by atoms with Crippen molar-refractivity contribution < 1.29 is 9.53 Å². The van der Waals surface area contributed by atoms with Gasteiger partial charge in [-0.2, -0.15) is 10.2 Å². The van der Waals surface area contributed by atoms with Crippen molar-refractivity contribution in [3.05, 3.63) is 59.5 Å². The molecule has 35 heavy (non-hydrogen) atoms. The van der Waals surface area contributed by atoms with Crippen molar-refractivity contribution >= 4 is 66.1 Å². The molecule has 0 aliphatic rings. The van der Waals surface area contributed by atoms with Gasteiger partial charge in [-0.3, -0.25) is 0 Å². The minimum Gasteiger partial charge on any atom is -0.462 e. The molecule has 0 bridgehead atoms. The Bertz CT molecular complexity index is 1290. The molecule has 0 amide bonds. The van der Waals surface area contributed by atoms with Crippen molar-refractivity contribution in [2.24, 2.45) is 20.5 Å². The van der Waals surface area contributed by atoms with Gasteiger partial charge in [0.1, 0.15) is 9.71 Å². The van der Waals surface area contributed by atoms with Crippen molar-refractivity contribution in [2.75, 3.05) is 24.6 Å². The fourth-order valence-corrected chi connectivity index (χ4v) is 5.18. The number of thiophene rings is 1. The average Bonchev–Trinajstić information content (AvgIpc) is 3.46. The Hall–Kier alpha value is -3.50. The second-order valence-electron chi connectivity index (χ2n) is 7.52. The Morgan fingerprint density at radius 3 is 1.97 bits per heavy atom. The fourth-order valence-electron chi connectivity index (χ4n) is 3.25. The van der Waals surface area contributed by atoms with E-state index in [0.29, 0.717) is 22.3 Å². The number of anilines is 1. The van der Waals surface area contributed by atoms with Gasteiger partial charge in [-0.1, -0.05) is 18.3 Å². The lowest BCUT2D eigenvalue weighted by Crippen LogP contribution is -2.21. The number of esters is 1. The molecule has 8 nitrogen and oxygen atoms in total. The summed E-state index contributed by atoms with van der Waals surface area (Å²) in [4.78, 5) is 20.0. The van der Waals surface area contributed by atoms with E-state index in [1.54, 1.807) is 6.07 Å². The molecular weight excluding hydrogens is 480 g/mol. The number of azo groups is 2. The second kappa shape index (κ2) is 11.8. The summed E-state index contributed by atoms with van der Waals surface area (Å²) >= 11 is 2.69. The highest BCUT2D eigenvalue weighted by molar-refractivity contribution is 7.29. The number of aromatic nitrogens is 1. The van der Waals surface area contributed by atoms with Crippen LogP contribution in [-0.4, -0.2) is 30.6 Å². The molecule has 0 aliphatic heterocycles. The number of hydrogen-bond acceptors (Lipinski definition) is 10. The van der Waals surface area contributed by atoms with Crippen LogP contribution in [0.5, 0.6) is 0 Å². The maximum Gasteiger partial charge on any atom is 0.348 e. The number of nitrogens with zero attached hydrogens (tertiary/aromatic N) is 6. The maximum atomic E-state index is 12.0. The highest BCUT2D eigenvalue weighted by atomic mass is 32.1. The molecule has 2 aromatic carbocycles. The Labute approximate surface area is 212 Å². The average molecular weight is 507 g/mol. The summed E-state index contributed by atoms with van der Waals surface area (Å²) in [6, 6.07) is 17.2. The molecule has 0 spiro atoms. The fraction of sp³-hybridized carbons (Fsp3) is 0.280. The van der Waals surface area contributed by atoms with Gasteiger partial charge in [-0.25, -0.2) is 9.78 Å². The number of fused-ring (bicyclic) bond motifs is 1. The monoisotopic (exact) mass is 506 g/mol. The number of carbonyl (C=O) groups excluding carboxylic acids is 1. The van der Waals surface area contributed by atoms with Gasteiger partial charge in [0, 0.05) is 18.8 Å². The zero-order valence-electron chi connectivity index (χ0n) is 19.8. The highest BCUT2D eigenvalue weighted by Crippen LogP contribution is 2.35. The Morgan fingerprint density at radius 1 is 0.857 bits per heavy atom. The molecule has 0 unspecified atom stereocenters. The smallest absolute Gasteiger partial charge is 0.348 e. The van der Waals surface area contributed by atoms with Crippen LogP contribution in [-0.2, 0) is 4.74 Å². The first-order valence-corrected chi connectivity index (χ1v) is 13.1. The van der Waals surface area contributed by atoms with E-state index in [1.165, 1.54) is 28.4 Å². The van der Waals surface area contributed by atoms with Gasteiger partial charge in [0.05, 0.1) is 28.4 Å². The summed E-state index contributed by atoms with van der Waals surface area (Å²) in [6.45, 7) is 8.61. The SMILES string of the molecule is CCCOC(=O)c1cc2sc(N=Nc3ccc(N=Nc4ccc(N(CC)CC)cc4)cc3)nc2s1. The number of hydrogen-bond donors (Lipinski definition) is 0. The normalized spacial score (nSPS) is 11.6. The standard InChI is InChI=1S/C25H26N6O2S2/c1-4-15-33-24(32)22-16-21-23(34-22)26-25(35-21)30-29-18-9-7-17(8-10-18)27-28-19-11-13-20(14-12-19)31(5-2)6-3/h7-14,16H,4-6,15H2,1-3H3. The molecule has 4 rings (SSSR count). The molecule has 0 aliphatic carbocycles. The van der Waals surface area contributed by atoms with E-state index in [1.807, 2.05) is 43.3 Å². The largest absolute Gasteiger partial charge is 0.462 e. The van der Waals surface area contributed by atoms with E-state index < -0.39 is 0 Å². The summed E-state index contributed by atoms with van der Waals surface area (Å²) in [6.07, 6.45) is 0.795. The van der Waals surface area contributed by atoms with Crippen LogP contribution < -0.4 is 4.90 Å². The third-order valence-corrected chi connectivity index (χ3v) is 7.10. The van der Waals surface area contributed by atoms with Crippen LogP contribution in [0.4, 0.5) is 27.9 Å². The second-order valence-corrected chi connectivity index (χ2v) is 9.56. The first kappa shape index (κ1) is 24.6. The lowest BCUT2D eigenvalue weighted by atomic mass is 10.2. The topological polar surface area (TPSA) is 91.9 Å². The molecule has 0 saturated carbocycles. The van der Waals surface area contributed by atoms with Gasteiger partial charge >= 0.3 is 5.97 Å². The molecule has 10 heteroatoms. The van der Waals surface area contributed by atoms with E-state index in [9.17, 15) is 4.79 Å². The van der Waals surface area contributed by atoms with Gasteiger partial charge in [0.15, 0.2) is 0 Å². The lowest BCUT2D eigenvalue weighted by molar-refractivity contribution is 0.0511. The van der Waals surface area contributed by atoms with E-state index in [2.05, 4.69) is 56.3 Å². The van der Waals surface area contributed by atoms with Crippen LogP contribution in [0.3, 0.4) is 0 Å². The predicted octanol–water partition coefficient (Wildman–Crippen LogP) is 8.60. The molecule has 0 radical (unpaired) electrons. The third kappa shape index (κ3) is 6.34. The van der Waals surface area contributed by atoms with E-state index in [0.717, 1.165) is 40.4 Å². The number of rotatable bonds is 10. The highest BCUT2D eigenvalue weighted by Gasteiger charge is 2.15. The molecule has 0 atom stereocenters. The van der Waals surface area contributed by atoms with Crippen LogP contribution in [0.2, 0.25) is 0 Å². The van der Waals surface area contributed by atoms with Gasteiger partial charge in [-0.05, 0) is 74.9 Å². The number of carbonyl (C=O) groups is 1. The molecule has 0 saturated heterocycles. The Balaban J connectivity index is 1.36. The van der Waals surface area contributed by atoms with Crippen LogP contribution in [0, 0.1) is 0 Å². The summed E-state index contributed by atoms with van der Waals surface area (Å²) in [5.74, 6) is -0.306. The Kier molecular flexibility index (Phi) is 8.27. The van der Waals surface area contributed by atoms with Crippen LogP contribution >= 0.6 is 22.7 Å². The third-order valence-electron chi connectivity index (χ3n) is 5.08. The minimum absolute atomic E-state index is 0.306. The van der Waals surface area contributed by atoms with Gasteiger partial charge in [-0.15, -0.1) is 21.6 Å². The summed E-state index contributed by atoms with van der Waals surface area (Å²) in [5, 5.41) is 17.7. The lowest BCUT2D eigenvalue weighted by Gasteiger charge is -2.20. The first-order valence-electron chi connectivity index (χ1n) is 11.5. The van der Waals surface area contributed by atoms with E-state index in [-0.39, 0.29) is 5.97 Å². The van der Waals surface area contributed by atoms with E-state index >= 15 is 0 Å². The zero-order valence-corrected chi connectivity index (χ0v) is 21.5. The maximum absolute atomic E-state index is 12.0. The number of thiazole rings is 1. The molecule has 0 fully saturated rings. The van der Waals surface area contributed by atoms with Crippen molar-refractivity contribution in [2.45, 2.75) is 27.2 Å². The quantitative estimate of drug-likeness (QED) is 0.159. The van der Waals surface area contributed by atoms with Crippen LogP contribution in [0.25, 0.3) is 9.53 Å². The van der Waals surface area contributed by atoms with Crippen LogP contribution in [0.1, 0.15) is 36.9 Å². The van der Waals surface area contributed by atoms with Gasteiger partial charge < -0.3 is 9.64 Å². The molecule has 180 valence electrons. The number of ether oxygens (including phenoxy) is 1. The summed E-state index contributed by atoms with van der Waals surface area (Å²) in [5.41, 5.74) is 3.40. The molecule has 0 N–H and O–H groups in total. The predicted molar refractivity (Wildman–Crippen MR) is 143 cm³/mol. The zero-order chi connectivity index (χ0) is 24.6. The molecule has 2 aromatic heterocycles. The van der Waals surface area contributed by atoms with E-state index in [4.69, 9.17) is 4.74 Å². The van der Waals surface area contributed by atoms with Crippen molar-refractivity contribution in [3.8, 4) is 0 Å². The first-order chi connectivity index (χ1) is 17.1. The minimum atomic E-state index is -0.306. The summed E-state index contributed by atoms with van der Waals surface area (Å²) < 4.78 is 6.07. The Morgan fingerprint density at radius 2 is 1.43 bits per heavy atom. The van der Waals surface area contributed by atoms with Gasteiger partial charge in [0.25, 0.3) is 0 Å². The molecular formula is C25H26N6O2S2. The summed E-state index contributed by atoms with van der Waals surface area (Å²) in [7, 11) is 0. The number of benzene rings is 2. The van der Waals surface area contributed by atoms with Crippen molar-refractivity contribution in [1.29, 1.82) is 0 Å². The van der Waals surface area contributed by atoms with Gasteiger partial charge in [0.2, 0.25) is 5.13 Å². The molecule has 2 heterocycles. The van der Waals surface area contributed by atoms with Crippen molar-refractivity contribution in [3.63, 3.8) is 0 Å². The van der Waals surface area contributed by atoms with Crippen molar-refractivity contribution in [1.82, 2.24) is 4.98 Å².